The molecule has 0 heterocycles. The Bertz CT molecular complexity index is 542. The highest BCUT2D eigenvalue weighted by molar-refractivity contribution is 7.89. The average Bonchev–Trinajstić information content (AvgIpc) is 3.26. The maximum absolute atomic E-state index is 12.3. The van der Waals surface area contributed by atoms with E-state index in [1.54, 1.807) is 12.1 Å². The Hall–Kier alpha value is -1.11. The summed E-state index contributed by atoms with van der Waals surface area (Å²) in [6.07, 6.45) is 6.19. The van der Waals surface area contributed by atoms with Gasteiger partial charge < -0.3 is 11.1 Å². The van der Waals surface area contributed by atoms with Gasteiger partial charge in [0.2, 0.25) is 10.0 Å². The second-order valence-corrected chi connectivity index (χ2v) is 7.20. The standard InChI is InChI=1S/C15H25N3O2S/c16-11-5-1-2-6-12-17-14-7-3-4-8-15(14)21(19,20)18-13-9-10-13/h3-4,7-8,13,17-18H,1-2,5-6,9-12,16H2. The number of benzene rings is 1. The number of para-hydroxylation sites is 1. The normalized spacial score (nSPS) is 15.1. The summed E-state index contributed by atoms with van der Waals surface area (Å²) in [5.74, 6) is 0. The molecule has 0 atom stereocenters. The first kappa shape index (κ1) is 16.3. The molecular formula is C15H25N3O2S. The van der Waals surface area contributed by atoms with Crippen LogP contribution in [-0.4, -0.2) is 27.5 Å². The van der Waals surface area contributed by atoms with Gasteiger partial charge in [-0.2, -0.15) is 0 Å². The van der Waals surface area contributed by atoms with Gasteiger partial charge in [-0.3, -0.25) is 0 Å². The molecule has 0 unspecified atom stereocenters. The zero-order valence-corrected chi connectivity index (χ0v) is 13.2. The first-order valence-corrected chi connectivity index (χ1v) is 9.17. The van der Waals surface area contributed by atoms with Crippen molar-refractivity contribution in [3.63, 3.8) is 0 Å². The lowest BCUT2D eigenvalue weighted by Crippen LogP contribution is -2.26. The quantitative estimate of drug-likeness (QED) is 0.577. The molecule has 0 amide bonds. The number of rotatable bonds is 10. The van der Waals surface area contributed by atoms with Crippen molar-refractivity contribution < 1.29 is 8.42 Å². The zero-order chi connectivity index (χ0) is 15.1. The Morgan fingerprint density at radius 2 is 1.81 bits per heavy atom. The maximum atomic E-state index is 12.3. The van der Waals surface area contributed by atoms with E-state index in [1.807, 2.05) is 12.1 Å². The highest BCUT2D eigenvalue weighted by Gasteiger charge is 2.29. The summed E-state index contributed by atoms with van der Waals surface area (Å²) in [5.41, 5.74) is 6.14. The molecule has 1 saturated carbocycles. The number of hydrogen-bond acceptors (Lipinski definition) is 4. The molecule has 118 valence electrons. The van der Waals surface area contributed by atoms with E-state index in [0.29, 0.717) is 10.6 Å². The van der Waals surface area contributed by atoms with Crippen molar-refractivity contribution in [3.8, 4) is 0 Å². The minimum absolute atomic E-state index is 0.124. The van der Waals surface area contributed by atoms with Crippen LogP contribution in [0.3, 0.4) is 0 Å². The van der Waals surface area contributed by atoms with Crippen molar-refractivity contribution in [3.05, 3.63) is 24.3 Å². The predicted molar refractivity (Wildman–Crippen MR) is 85.8 cm³/mol. The van der Waals surface area contributed by atoms with Crippen LogP contribution in [0, 0.1) is 0 Å². The Morgan fingerprint density at radius 3 is 2.52 bits per heavy atom. The van der Waals surface area contributed by atoms with Gasteiger partial charge in [0.25, 0.3) is 0 Å². The number of nitrogens with one attached hydrogen (secondary N) is 2. The smallest absolute Gasteiger partial charge is 0.242 e. The Balaban J connectivity index is 1.90. The molecule has 2 rings (SSSR count). The molecule has 0 bridgehead atoms. The van der Waals surface area contributed by atoms with Crippen LogP contribution in [0.1, 0.15) is 38.5 Å². The SMILES string of the molecule is NCCCCCCNc1ccccc1S(=O)(=O)NC1CC1. The van der Waals surface area contributed by atoms with Crippen LogP contribution in [0.5, 0.6) is 0 Å². The van der Waals surface area contributed by atoms with Crippen LogP contribution in [0.15, 0.2) is 29.2 Å². The van der Waals surface area contributed by atoms with Crippen LogP contribution >= 0.6 is 0 Å². The largest absolute Gasteiger partial charge is 0.384 e. The third kappa shape index (κ3) is 5.30. The Kier molecular flexibility index (Phi) is 6.02. The lowest BCUT2D eigenvalue weighted by atomic mass is 10.2. The second kappa shape index (κ2) is 7.77. The number of sulfonamides is 1. The number of unbranched alkanes of at least 4 members (excludes halogenated alkanes) is 3. The van der Waals surface area contributed by atoms with Gasteiger partial charge in [0.05, 0.1) is 5.69 Å². The van der Waals surface area contributed by atoms with Crippen LogP contribution in [0.2, 0.25) is 0 Å². The molecule has 4 N–H and O–H groups in total. The molecule has 1 aliphatic rings. The van der Waals surface area contributed by atoms with Crippen molar-refractivity contribution in [2.45, 2.75) is 49.5 Å². The van der Waals surface area contributed by atoms with Crippen molar-refractivity contribution in [2.24, 2.45) is 5.73 Å². The summed E-state index contributed by atoms with van der Waals surface area (Å²) in [5, 5.41) is 3.24. The van der Waals surface area contributed by atoms with Crippen LogP contribution < -0.4 is 15.8 Å². The summed E-state index contributed by atoms with van der Waals surface area (Å²) in [7, 11) is -3.41. The van der Waals surface area contributed by atoms with Gasteiger partial charge in [-0.15, -0.1) is 0 Å². The molecule has 0 radical (unpaired) electrons. The number of nitrogens with two attached hydrogens (primary N) is 1. The van der Waals surface area contributed by atoms with Gasteiger partial charge in [-0.05, 0) is 44.4 Å². The fourth-order valence-corrected chi connectivity index (χ4v) is 3.67. The fraction of sp³-hybridized carbons (Fsp3) is 0.600. The van der Waals surface area contributed by atoms with Gasteiger partial charge >= 0.3 is 0 Å². The third-order valence-corrected chi connectivity index (χ3v) is 5.10. The Labute approximate surface area is 127 Å². The minimum Gasteiger partial charge on any atom is -0.384 e. The minimum atomic E-state index is -3.41. The lowest BCUT2D eigenvalue weighted by molar-refractivity contribution is 0.581. The molecule has 0 saturated heterocycles. The van der Waals surface area contributed by atoms with Crippen molar-refractivity contribution in [1.29, 1.82) is 0 Å². The van der Waals surface area contributed by atoms with Crippen molar-refractivity contribution in [1.82, 2.24) is 4.72 Å². The van der Waals surface area contributed by atoms with E-state index in [4.69, 9.17) is 5.73 Å². The van der Waals surface area contributed by atoms with E-state index in [9.17, 15) is 8.42 Å². The highest BCUT2D eigenvalue weighted by Crippen LogP contribution is 2.25. The first-order chi connectivity index (χ1) is 10.1. The summed E-state index contributed by atoms with van der Waals surface area (Å²) in [4.78, 5) is 0.346. The predicted octanol–water partition coefficient (Wildman–Crippen LogP) is 2.06. The van der Waals surface area contributed by atoms with E-state index in [-0.39, 0.29) is 6.04 Å². The lowest BCUT2D eigenvalue weighted by Gasteiger charge is -2.13. The molecule has 5 nitrogen and oxygen atoms in total. The molecule has 1 aromatic rings. The van der Waals surface area contributed by atoms with Crippen molar-refractivity contribution >= 4 is 15.7 Å². The van der Waals surface area contributed by atoms with Gasteiger partial charge in [0.1, 0.15) is 4.90 Å². The van der Waals surface area contributed by atoms with Gasteiger partial charge in [-0.25, -0.2) is 13.1 Å². The molecule has 6 heteroatoms. The van der Waals surface area contributed by atoms with E-state index >= 15 is 0 Å². The molecule has 0 spiro atoms. The van der Waals surface area contributed by atoms with Crippen molar-refractivity contribution in [2.75, 3.05) is 18.4 Å². The van der Waals surface area contributed by atoms with Gasteiger partial charge in [0, 0.05) is 12.6 Å². The van der Waals surface area contributed by atoms with Crippen LogP contribution in [0.25, 0.3) is 0 Å². The summed E-state index contributed by atoms with van der Waals surface area (Å²) < 4.78 is 27.3. The zero-order valence-electron chi connectivity index (χ0n) is 12.3. The monoisotopic (exact) mass is 311 g/mol. The molecule has 0 aromatic heterocycles. The Morgan fingerprint density at radius 1 is 1.10 bits per heavy atom. The van der Waals surface area contributed by atoms with E-state index < -0.39 is 10.0 Å². The third-order valence-electron chi connectivity index (χ3n) is 3.52. The van der Waals surface area contributed by atoms with E-state index in [1.165, 1.54) is 0 Å². The number of hydrogen-bond donors (Lipinski definition) is 3. The topological polar surface area (TPSA) is 84.2 Å². The summed E-state index contributed by atoms with van der Waals surface area (Å²) >= 11 is 0. The highest BCUT2D eigenvalue weighted by atomic mass is 32.2. The number of anilines is 1. The molecule has 1 aromatic carbocycles. The van der Waals surface area contributed by atoms with Crippen LogP contribution in [0.4, 0.5) is 5.69 Å². The summed E-state index contributed by atoms with van der Waals surface area (Å²) in [6, 6.07) is 7.21. The summed E-state index contributed by atoms with van der Waals surface area (Å²) in [6.45, 7) is 1.52. The average molecular weight is 311 g/mol. The van der Waals surface area contributed by atoms with Gasteiger partial charge in [-0.1, -0.05) is 25.0 Å². The molecule has 1 aliphatic carbocycles. The molecule has 1 fully saturated rings. The molecule has 0 aliphatic heterocycles. The fourth-order valence-electron chi connectivity index (χ4n) is 2.18. The van der Waals surface area contributed by atoms with Gasteiger partial charge in [0.15, 0.2) is 0 Å². The van der Waals surface area contributed by atoms with Crippen LogP contribution in [-0.2, 0) is 10.0 Å². The molecule has 21 heavy (non-hydrogen) atoms. The first-order valence-electron chi connectivity index (χ1n) is 7.69. The van der Waals surface area contributed by atoms with E-state index in [0.717, 1.165) is 51.6 Å². The maximum Gasteiger partial charge on any atom is 0.242 e. The molecular weight excluding hydrogens is 286 g/mol. The second-order valence-electron chi connectivity index (χ2n) is 5.52. The van der Waals surface area contributed by atoms with E-state index in [2.05, 4.69) is 10.0 Å².